The Bertz CT molecular complexity index is 1060. The number of nitrogens with zero attached hydrogens (tertiary/aromatic N) is 2. The Morgan fingerprint density at radius 3 is 2.48 bits per heavy atom. The van der Waals surface area contributed by atoms with Crippen molar-refractivity contribution in [3.63, 3.8) is 0 Å². The van der Waals surface area contributed by atoms with Gasteiger partial charge in [-0.15, -0.1) is 0 Å². The smallest absolute Gasteiger partial charge is 0.227 e. The molecule has 0 saturated heterocycles. The molecule has 3 aromatic rings. The highest BCUT2D eigenvalue weighted by atomic mass is 32.2. The number of hydrogen-bond acceptors (Lipinski definition) is 6. The van der Waals surface area contributed by atoms with Gasteiger partial charge < -0.3 is 9.84 Å². The molecule has 1 N–H and O–H groups in total. The summed E-state index contributed by atoms with van der Waals surface area (Å²) in [6.45, 7) is 3.80. The molecule has 2 aromatic carbocycles. The van der Waals surface area contributed by atoms with E-state index in [0.717, 1.165) is 11.1 Å². The molecule has 152 valence electrons. The quantitative estimate of drug-likeness (QED) is 0.609. The predicted molar refractivity (Wildman–Crippen MR) is 108 cm³/mol. The van der Waals surface area contributed by atoms with Crippen LogP contribution in [0.1, 0.15) is 42.2 Å². The van der Waals surface area contributed by atoms with E-state index >= 15 is 0 Å². The third-order valence-electron chi connectivity index (χ3n) is 4.45. The molecule has 0 radical (unpaired) electrons. The molecular weight excluding hydrogens is 390 g/mol. The van der Waals surface area contributed by atoms with Gasteiger partial charge in [0, 0.05) is 12.8 Å². The Morgan fingerprint density at radius 1 is 1.10 bits per heavy atom. The molecule has 8 heteroatoms. The zero-order chi connectivity index (χ0) is 20.9. The maximum Gasteiger partial charge on any atom is 0.227 e. The van der Waals surface area contributed by atoms with Gasteiger partial charge in [-0.1, -0.05) is 53.2 Å². The summed E-state index contributed by atoms with van der Waals surface area (Å²) >= 11 is 0. The van der Waals surface area contributed by atoms with E-state index in [-0.39, 0.29) is 47.2 Å². The van der Waals surface area contributed by atoms with Crippen LogP contribution in [0.25, 0.3) is 0 Å². The third kappa shape index (κ3) is 5.74. The van der Waals surface area contributed by atoms with Gasteiger partial charge in [-0.05, 0) is 31.5 Å². The molecule has 7 nitrogen and oxygen atoms in total. The summed E-state index contributed by atoms with van der Waals surface area (Å²) in [6.07, 6.45) is 0.411. The summed E-state index contributed by atoms with van der Waals surface area (Å²) in [5, 5.41) is 6.65. The zero-order valence-electron chi connectivity index (χ0n) is 16.3. The highest BCUT2D eigenvalue weighted by Gasteiger charge is 2.19. The number of aromatic nitrogens is 2. The molecule has 0 fully saturated rings. The van der Waals surface area contributed by atoms with E-state index in [0.29, 0.717) is 0 Å². The molecule has 1 aromatic heterocycles. The molecule has 1 heterocycles. The molecule has 0 aliphatic rings. The Morgan fingerprint density at radius 2 is 1.79 bits per heavy atom. The molecule has 0 saturated carbocycles. The average Bonchev–Trinajstić information content (AvgIpc) is 3.14. The Labute approximate surface area is 170 Å². The predicted octanol–water partition coefficient (Wildman–Crippen LogP) is 3.16. The Kier molecular flexibility index (Phi) is 6.43. The summed E-state index contributed by atoms with van der Waals surface area (Å²) in [6, 6.07) is 16.1. The molecule has 1 amide bonds. The van der Waals surface area contributed by atoms with Gasteiger partial charge in [-0.25, -0.2) is 8.42 Å². The molecule has 0 aliphatic heterocycles. The van der Waals surface area contributed by atoms with Crippen molar-refractivity contribution in [2.24, 2.45) is 0 Å². The first-order valence-corrected chi connectivity index (χ1v) is 10.9. The van der Waals surface area contributed by atoms with Crippen LogP contribution in [0.5, 0.6) is 0 Å². The molecule has 0 unspecified atom stereocenters. The summed E-state index contributed by atoms with van der Waals surface area (Å²) in [7, 11) is -3.56. The van der Waals surface area contributed by atoms with Gasteiger partial charge in [-0.3, -0.25) is 4.79 Å². The number of carbonyl (C=O) groups is 1. The van der Waals surface area contributed by atoms with E-state index in [1.54, 1.807) is 24.3 Å². The van der Waals surface area contributed by atoms with Crippen molar-refractivity contribution in [2.75, 3.05) is 0 Å². The lowest BCUT2D eigenvalue weighted by Crippen LogP contribution is -2.26. The molecule has 0 spiro atoms. The molecule has 0 aliphatic carbocycles. The lowest BCUT2D eigenvalue weighted by Gasteiger charge is -2.13. The van der Waals surface area contributed by atoms with Gasteiger partial charge in [0.05, 0.1) is 10.9 Å². The van der Waals surface area contributed by atoms with Gasteiger partial charge in [0.1, 0.15) is 5.75 Å². The van der Waals surface area contributed by atoms with Crippen molar-refractivity contribution in [3.05, 3.63) is 77.4 Å². The first-order chi connectivity index (χ1) is 13.8. The maximum absolute atomic E-state index is 12.5. The van der Waals surface area contributed by atoms with Crippen molar-refractivity contribution in [3.8, 4) is 0 Å². The minimum atomic E-state index is -3.56. The lowest BCUT2D eigenvalue weighted by atomic mass is 10.1. The lowest BCUT2D eigenvalue weighted by molar-refractivity contribution is -0.121. The SMILES string of the molecule is Cc1ccc(S(=O)(=O)Cc2noc(CCC(=O)N[C@H](C)c3ccccc3)n2)cc1. The molecule has 3 rings (SSSR count). The monoisotopic (exact) mass is 413 g/mol. The van der Waals surface area contributed by atoms with Crippen molar-refractivity contribution >= 4 is 15.7 Å². The summed E-state index contributed by atoms with van der Waals surface area (Å²) in [4.78, 5) is 16.5. The van der Waals surface area contributed by atoms with Crippen molar-refractivity contribution in [1.29, 1.82) is 0 Å². The number of benzene rings is 2. The third-order valence-corrected chi connectivity index (χ3v) is 6.08. The van der Waals surface area contributed by atoms with Crippen LogP contribution >= 0.6 is 0 Å². The van der Waals surface area contributed by atoms with Gasteiger partial charge >= 0.3 is 0 Å². The van der Waals surface area contributed by atoms with Gasteiger partial charge in [0.15, 0.2) is 15.7 Å². The topological polar surface area (TPSA) is 102 Å². The van der Waals surface area contributed by atoms with Crippen LogP contribution in [0.3, 0.4) is 0 Å². The van der Waals surface area contributed by atoms with Crippen molar-refractivity contribution < 1.29 is 17.7 Å². The number of rotatable bonds is 8. The van der Waals surface area contributed by atoms with Crippen LogP contribution in [0.2, 0.25) is 0 Å². The number of nitrogens with one attached hydrogen (secondary N) is 1. The maximum atomic E-state index is 12.5. The Balaban J connectivity index is 1.53. The highest BCUT2D eigenvalue weighted by molar-refractivity contribution is 7.90. The minimum Gasteiger partial charge on any atom is -0.350 e. The van der Waals surface area contributed by atoms with Gasteiger partial charge in [-0.2, -0.15) is 4.98 Å². The van der Waals surface area contributed by atoms with Crippen LogP contribution < -0.4 is 5.32 Å². The van der Waals surface area contributed by atoms with Crippen molar-refractivity contribution in [1.82, 2.24) is 15.5 Å². The number of carbonyl (C=O) groups excluding carboxylic acids is 1. The van der Waals surface area contributed by atoms with Gasteiger partial charge in [0.2, 0.25) is 11.8 Å². The largest absolute Gasteiger partial charge is 0.350 e. The normalized spacial score (nSPS) is 12.5. The van der Waals surface area contributed by atoms with E-state index in [2.05, 4.69) is 15.5 Å². The van der Waals surface area contributed by atoms with E-state index in [4.69, 9.17) is 4.52 Å². The van der Waals surface area contributed by atoms with Crippen molar-refractivity contribution in [2.45, 2.75) is 43.4 Å². The molecule has 0 bridgehead atoms. The Hall–Kier alpha value is -3.00. The fraction of sp³-hybridized carbons (Fsp3) is 0.286. The molecule has 1 atom stereocenters. The van der Waals surface area contributed by atoms with Crippen LogP contribution in [0, 0.1) is 6.92 Å². The van der Waals surface area contributed by atoms with Gasteiger partial charge in [0.25, 0.3) is 0 Å². The fourth-order valence-corrected chi connectivity index (χ4v) is 3.98. The number of sulfone groups is 1. The summed E-state index contributed by atoms with van der Waals surface area (Å²) in [5.74, 6) is -0.176. The van der Waals surface area contributed by atoms with Crippen LogP contribution in [-0.2, 0) is 26.8 Å². The second-order valence-electron chi connectivity index (χ2n) is 6.88. The fourth-order valence-electron chi connectivity index (χ4n) is 2.81. The van der Waals surface area contributed by atoms with E-state index in [1.807, 2.05) is 44.2 Å². The molecular formula is C21H23N3O4S. The van der Waals surface area contributed by atoms with Crippen LogP contribution in [-0.4, -0.2) is 24.5 Å². The second kappa shape index (κ2) is 9.00. The van der Waals surface area contributed by atoms with Crippen LogP contribution in [0.15, 0.2) is 64.0 Å². The highest BCUT2D eigenvalue weighted by Crippen LogP contribution is 2.16. The van der Waals surface area contributed by atoms with E-state index in [1.165, 1.54) is 0 Å². The van der Waals surface area contributed by atoms with Crippen LogP contribution in [0.4, 0.5) is 0 Å². The number of amides is 1. The summed E-state index contributed by atoms with van der Waals surface area (Å²) in [5.41, 5.74) is 1.99. The van der Waals surface area contributed by atoms with E-state index in [9.17, 15) is 13.2 Å². The average molecular weight is 413 g/mol. The summed E-state index contributed by atoms with van der Waals surface area (Å²) < 4.78 is 30.0. The zero-order valence-corrected chi connectivity index (χ0v) is 17.1. The molecule has 29 heavy (non-hydrogen) atoms. The standard InChI is InChI=1S/C21H23N3O4S/c1-15-8-10-18(11-9-15)29(26,27)14-19-23-21(28-24-19)13-12-20(25)22-16(2)17-6-4-3-5-7-17/h3-11,16H,12-14H2,1-2H3,(H,22,25)/t16-/m1/s1. The minimum absolute atomic E-state index is 0.0821. The van der Waals surface area contributed by atoms with E-state index < -0.39 is 9.84 Å². The first kappa shape index (κ1) is 20.7. The number of hydrogen-bond donors (Lipinski definition) is 1. The second-order valence-corrected chi connectivity index (χ2v) is 8.87. The first-order valence-electron chi connectivity index (χ1n) is 9.29. The number of aryl methyl sites for hydroxylation is 2.